The molecule has 1 saturated carbocycles. The Hall–Kier alpha value is -2.04. The molecule has 2 aromatic rings. The van der Waals surface area contributed by atoms with Gasteiger partial charge in [-0.25, -0.2) is 0 Å². The van der Waals surface area contributed by atoms with E-state index in [4.69, 9.17) is 0 Å². The third kappa shape index (κ3) is 1.84. The van der Waals surface area contributed by atoms with Gasteiger partial charge >= 0.3 is 0 Å². The molecule has 2 heterocycles. The number of carbonyl (C=O) groups is 1. The van der Waals surface area contributed by atoms with Crippen molar-refractivity contribution in [3.8, 4) is 0 Å². The third-order valence-electron chi connectivity index (χ3n) is 3.08. The molecule has 2 N–H and O–H groups in total. The summed E-state index contributed by atoms with van der Waals surface area (Å²) in [5.74, 6) is 0.446. The number of carbonyl (C=O) groups excluding carboxylic acids is 1. The highest BCUT2D eigenvalue weighted by Gasteiger charge is 2.28. The van der Waals surface area contributed by atoms with Crippen LogP contribution in [0.3, 0.4) is 0 Å². The fourth-order valence-electron chi connectivity index (χ4n) is 1.96. The minimum atomic E-state index is -0.0965. The second-order valence-electron chi connectivity index (χ2n) is 4.43. The summed E-state index contributed by atoms with van der Waals surface area (Å²) in [6, 6.07) is 3.65. The van der Waals surface area contributed by atoms with Crippen molar-refractivity contribution in [1.82, 2.24) is 14.8 Å². The number of H-pyrrole nitrogens is 1. The first-order valence-electron chi connectivity index (χ1n) is 5.71. The molecule has 0 bridgehead atoms. The Kier molecular flexibility index (Phi) is 2.24. The number of hydrogen-bond donors (Lipinski definition) is 2. The summed E-state index contributed by atoms with van der Waals surface area (Å²) >= 11 is 0. The first kappa shape index (κ1) is 10.1. The van der Waals surface area contributed by atoms with Gasteiger partial charge in [-0.15, -0.1) is 0 Å². The Morgan fingerprint density at radius 1 is 1.59 bits per heavy atom. The maximum Gasteiger partial charge on any atom is 0.272 e. The number of rotatable bonds is 3. The van der Waals surface area contributed by atoms with Crippen molar-refractivity contribution in [2.45, 2.75) is 18.8 Å². The van der Waals surface area contributed by atoms with Crippen LogP contribution in [0.1, 0.15) is 34.9 Å². The third-order valence-corrected chi connectivity index (χ3v) is 3.08. The van der Waals surface area contributed by atoms with Gasteiger partial charge in [-0.3, -0.25) is 9.89 Å². The molecule has 17 heavy (non-hydrogen) atoms. The van der Waals surface area contributed by atoms with Crippen LogP contribution in [0.15, 0.2) is 24.5 Å². The predicted molar refractivity (Wildman–Crippen MR) is 63.9 cm³/mol. The summed E-state index contributed by atoms with van der Waals surface area (Å²) in [5, 5.41) is 9.86. The van der Waals surface area contributed by atoms with Crippen LogP contribution in [0.2, 0.25) is 0 Å². The van der Waals surface area contributed by atoms with Gasteiger partial charge in [-0.2, -0.15) is 5.10 Å². The van der Waals surface area contributed by atoms with Gasteiger partial charge in [0.25, 0.3) is 5.91 Å². The molecule has 5 heteroatoms. The molecule has 0 radical (unpaired) electrons. The first-order chi connectivity index (χ1) is 8.25. The molecule has 0 aromatic carbocycles. The average Bonchev–Trinajstić information content (AvgIpc) is 2.89. The number of hydrogen-bond acceptors (Lipinski definition) is 2. The van der Waals surface area contributed by atoms with Gasteiger partial charge in [0.15, 0.2) is 0 Å². The summed E-state index contributed by atoms with van der Waals surface area (Å²) in [6.07, 6.45) is 5.88. The number of aryl methyl sites for hydroxylation is 1. The van der Waals surface area contributed by atoms with E-state index in [1.807, 2.05) is 19.3 Å². The van der Waals surface area contributed by atoms with Crippen molar-refractivity contribution in [2.24, 2.45) is 7.05 Å². The van der Waals surface area contributed by atoms with Crippen molar-refractivity contribution in [3.63, 3.8) is 0 Å². The molecule has 88 valence electrons. The van der Waals surface area contributed by atoms with Gasteiger partial charge in [0.1, 0.15) is 5.69 Å². The topological polar surface area (TPSA) is 62.7 Å². The highest BCUT2D eigenvalue weighted by atomic mass is 16.1. The Labute approximate surface area is 98.8 Å². The molecule has 0 atom stereocenters. The molecule has 0 unspecified atom stereocenters. The molecule has 0 aliphatic heterocycles. The number of aromatic amines is 1. The van der Waals surface area contributed by atoms with E-state index in [1.165, 1.54) is 12.8 Å². The number of aromatic nitrogens is 3. The van der Waals surface area contributed by atoms with E-state index < -0.39 is 0 Å². The Morgan fingerprint density at radius 3 is 3.06 bits per heavy atom. The highest BCUT2D eigenvalue weighted by molar-refractivity contribution is 6.03. The quantitative estimate of drug-likeness (QED) is 0.845. The van der Waals surface area contributed by atoms with Crippen molar-refractivity contribution in [1.29, 1.82) is 0 Å². The number of amides is 1. The fourth-order valence-corrected chi connectivity index (χ4v) is 1.96. The first-order valence-corrected chi connectivity index (χ1v) is 5.71. The summed E-state index contributed by atoms with van der Waals surface area (Å²) in [6.45, 7) is 0. The molecule has 3 rings (SSSR count). The average molecular weight is 230 g/mol. The normalized spacial score (nSPS) is 14.9. The van der Waals surface area contributed by atoms with Gasteiger partial charge < -0.3 is 9.88 Å². The van der Waals surface area contributed by atoms with Crippen molar-refractivity contribution < 1.29 is 4.79 Å². The molecule has 1 amide bonds. The Morgan fingerprint density at radius 2 is 2.41 bits per heavy atom. The van der Waals surface area contributed by atoms with Gasteiger partial charge in [0.2, 0.25) is 0 Å². The molecule has 1 fully saturated rings. The number of nitrogens with one attached hydrogen (secondary N) is 2. The lowest BCUT2D eigenvalue weighted by Gasteiger charge is -2.05. The zero-order chi connectivity index (χ0) is 11.8. The molecule has 1 aliphatic rings. The van der Waals surface area contributed by atoms with E-state index in [9.17, 15) is 4.79 Å². The minimum Gasteiger partial charge on any atom is -0.347 e. The van der Waals surface area contributed by atoms with Crippen LogP contribution in [0.4, 0.5) is 5.69 Å². The van der Waals surface area contributed by atoms with Crippen LogP contribution in [-0.4, -0.2) is 20.7 Å². The van der Waals surface area contributed by atoms with E-state index in [2.05, 4.69) is 15.5 Å². The van der Waals surface area contributed by atoms with Crippen LogP contribution >= 0.6 is 0 Å². The predicted octanol–water partition coefficient (Wildman–Crippen LogP) is 1.88. The summed E-state index contributed by atoms with van der Waals surface area (Å²) in [5.41, 5.74) is 2.50. The Balaban J connectivity index is 1.80. The molecule has 0 spiro atoms. The van der Waals surface area contributed by atoms with Gasteiger partial charge in [0.05, 0.1) is 17.6 Å². The lowest BCUT2D eigenvalue weighted by molar-refractivity contribution is 0.101. The van der Waals surface area contributed by atoms with Crippen molar-refractivity contribution >= 4 is 11.6 Å². The smallest absolute Gasteiger partial charge is 0.272 e. The summed E-state index contributed by atoms with van der Waals surface area (Å²) in [4.78, 5) is 12.0. The standard InChI is InChI=1S/C12H14N4O/c1-16-6-2-3-10(16)12(17)14-9-7-13-15-11(9)8-4-5-8/h2-3,6-8H,4-5H2,1H3,(H,13,15)(H,14,17). The van der Waals surface area contributed by atoms with Crippen LogP contribution in [0, 0.1) is 0 Å². The van der Waals surface area contributed by atoms with Crippen LogP contribution in [0.5, 0.6) is 0 Å². The number of anilines is 1. The minimum absolute atomic E-state index is 0.0965. The van der Waals surface area contributed by atoms with E-state index in [0.717, 1.165) is 11.4 Å². The number of nitrogens with zero attached hydrogens (tertiary/aromatic N) is 2. The van der Waals surface area contributed by atoms with E-state index in [1.54, 1.807) is 16.8 Å². The lowest BCUT2D eigenvalue weighted by Crippen LogP contribution is -2.15. The van der Waals surface area contributed by atoms with E-state index >= 15 is 0 Å². The monoisotopic (exact) mass is 230 g/mol. The molecule has 5 nitrogen and oxygen atoms in total. The lowest BCUT2D eigenvalue weighted by atomic mass is 10.2. The highest BCUT2D eigenvalue weighted by Crippen LogP contribution is 2.42. The maximum absolute atomic E-state index is 12.0. The van der Waals surface area contributed by atoms with Crippen LogP contribution < -0.4 is 5.32 Å². The largest absolute Gasteiger partial charge is 0.347 e. The zero-order valence-corrected chi connectivity index (χ0v) is 9.60. The van der Waals surface area contributed by atoms with Crippen LogP contribution in [0.25, 0.3) is 0 Å². The van der Waals surface area contributed by atoms with Crippen molar-refractivity contribution in [3.05, 3.63) is 35.9 Å². The van der Waals surface area contributed by atoms with E-state index in [-0.39, 0.29) is 5.91 Å². The summed E-state index contributed by atoms with van der Waals surface area (Å²) < 4.78 is 1.80. The van der Waals surface area contributed by atoms with E-state index in [0.29, 0.717) is 11.6 Å². The molecule has 2 aromatic heterocycles. The summed E-state index contributed by atoms with van der Waals surface area (Å²) in [7, 11) is 1.85. The van der Waals surface area contributed by atoms with Gasteiger partial charge in [-0.1, -0.05) is 0 Å². The second kappa shape index (κ2) is 3.76. The Bertz CT molecular complexity index is 550. The SMILES string of the molecule is Cn1cccc1C(=O)Nc1cn[nH]c1C1CC1. The van der Waals surface area contributed by atoms with Crippen molar-refractivity contribution in [2.75, 3.05) is 5.32 Å². The molecular weight excluding hydrogens is 216 g/mol. The van der Waals surface area contributed by atoms with Crippen LogP contribution in [-0.2, 0) is 7.05 Å². The molecule has 0 saturated heterocycles. The van der Waals surface area contributed by atoms with Gasteiger partial charge in [-0.05, 0) is 25.0 Å². The molecular formula is C12H14N4O. The maximum atomic E-state index is 12.0. The second-order valence-corrected chi connectivity index (χ2v) is 4.43. The van der Waals surface area contributed by atoms with Gasteiger partial charge in [0, 0.05) is 19.2 Å². The zero-order valence-electron chi connectivity index (χ0n) is 9.60. The fraction of sp³-hybridized carbons (Fsp3) is 0.333. The molecule has 1 aliphatic carbocycles.